The molecule has 2 saturated carbocycles. The molecule has 4 amide bonds. The summed E-state index contributed by atoms with van der Waals surface area (Å²) in [5, 5.41) is 4.72. The molecule has 0 radical (unpaired) electrons. The van der Waals surface area contributed by atoms with Gasteiger partial charge in [-0.05, 0) is 73.6 Å². The van der Waals surface area contributed by atoms with Crippen molar-refractivity contribution in [3.05, 3.63) is 12.2 Å². The van der Waals surface area contributed by atoms with Crippen LogP contribution in [0.25, 0.3) is 0 Å². The Hall–Kier alpha value is -3.20. The van der Waals surface area contributed by atoms with Gasteiger partial charge in [-0.25, -0.2) is 13.2 Å². The van der Waals surface area contributed by atoms with E-state index in [1.807, 2.05) is 0 Å². The number of sulfonamides is 1. The van der Waals surface area contributed by atoms with Gasteiger partial charge in [-0.15, -0.1) is 0 Å². The molecule has 3 fully saturated rings. The van der Waals surface area contributed by atoms with Gasteiger partial charge >= 0.3 is 12.1 Å². The molecule has 15 heteroatoms. The number of rotatable bonds is 5. The normalized spacial score (nSPS) is 30.4. The number of carbonyl (C=O) groups is 5. The molecule has 0 aromatic heterocycles. The van der Waals surface area contributed by atoms with E-state index in [0.29, 0.717) is 19.3 Å². The zero-order valence-electron chi connectivity index (χ0n) is 26.8. The number of nitrogens with zero attached hydrogens (tertiary/aromatic N) is 1. The van der Waals surface area contributed by atoms with Crippen LogP contribution in [0, 0.1) is 11.3 Å². The second-order valence-electron chi connectivity index (χ2n) is 14.3. The fourth-order valence-corrected chi connectivity index (χ4v) is 6.70. The fourth-order valence-electron chi connectivity index (χ4n) is 5.34. The lowest BCUT2D eigenvalue weighted by atomic mass is 9.97. The first-order valence-electron chi connectivity index (χ1n) is 15.5. The van der Waals surface area contributed by atoms with E-state index in [2.05, 4.69) is 15.4 Å². The fraction of sp³-hybridized carbons (Fsp3) is 0.767. The molecule has 3 N–H and O–H groups in total. The van der Waals surface area contributed by atoms with E-state index in [1.165, 1.54) is 4.90 Å². The maximum Gasteiger partial charge on any atom is 0.408 e. The summed E-state index contributed by atoms with van der Waals surface area (Å²) in [7, 11) is -3.90. The molecule has 14 nitrogen and oxygen atoms in total. The number of carbonyl (C=O) groups excluding carboxylic acids is 5. The van der Waals surface area contributed by atoms with E-state index in [4.69, 9.17) is 14.2 Å². The van der Waals surface area contributed by atoms with Gasteiger partial charge in [0.05, 0.1) is 23.8 Å². The maximum absolute atomic E-state index is 14.0. The SMILES string of the molecule is CC(C)(C)OC(=O)N[C@H]1CCCOC/C=C\[C@H]2C[C@@]2(C(=O)NS(=O)(=O)C2CC2)NC(=O)[C@@H]2C[C@@H](OC(=O)C(C)(C)C)CN2C1=O. The first kappa shape index (κ1) is 34.7. The number of hydrogen-bond donors (Lipinski definition) is 3. The minimum atomic E-state index is -3.90. The van der Waals surface area contributed by atoms with Crippen LogP contribution >= 0.6 is 0 Å². The zero-order chi connectivity index (χ0) is 33.4. The largest absolute Gasteiger partial charge is 0.460 e. The molecule has 0 aromatic rings. The van der Waals surface area contributed by atoms with Crippen molar-refractivity contribution < 1.29 is 46.6 Å². The molecule has 0 bridgehead atoms. The van der Waals surface area contributed by atoms with E-state index < -0.39 is 85.7 Å². The smallest absolute Gasteiger partial charge is 0.408 e. The molecule has 5 atom stereocenters. The Kier molecular flexibility index (Phi) is 9.93. The van der Waals surface area contributed by atoms with Crippen LogP contribution in [0.1, 0.15) is 80.1 Å². The van der Waals surface area contributed by atoms with Crippen molar-refractivity contribution in [3.8, 4) is 0 Å². The van der Waals surface area contributed by atoms with Crippen LogP contribution in [0.4, 0.5) is 4.79 Å². The molecule has 2 aliphatic heterocycles. The van der Waals surface area contributed by atoms with Gasteiger partial charge in [-0.2, -0.15) is 0 Å². The molecule has 45 heavy (non-hydrogen) atoms. The summed E-state index contributed by atoms with van der Waals surface area (Å²) in [6.07, 6.45) is 3.32. The van der Waals surface area contributed by atoms with E-state index in [-0.39, 0.29) is 39.0 Å². The van der Waals surface area contributed by atoms with Crippen LogP contribution in [0.15, 0.2) is 12.2 Å². The van der Waals surface area contributed by atoms with Gasteiger partial charge in [0.2, 0.25) is 21.8 Å². The summed E-state index contributed by atoms with van der Waals surface area (Å²) in [5.74, 6) is -3.16. The zero-order valence-corrected chi connectivity index (χ0v) is 27.7. The van der Waals surface area contributed by atoms with Gasteiger partial charge in [-0.1, -0.05) is 12.2 Å². The Morgan fingerprint density at radius 2 is 1.78 bits per heavy atom. The molecule has 252 valence electrons. The molecule has 0 aromatic carbocycles. The number of fused-ring (bicyclic) bond motifs is 2. The van der Waals surface area contributed by atoms with Crippen molar-refractivity contribution >= 4 is 39.8 Å². The van der Waals surface area contributed by atoms with E-state index in [1.54, 1.807) is 53.7 Å². The molecule has 4 aliphatic rings. The highest BCUT2D eigenvalue weighted by Gasteiger charge is 2.62. The number of esters is 1. The average molecular weight is 655 g/mol. The summed E-state index contributed by atoms with van der Waals surface area (Å²) in [6, 6.07) is -2.26. The summed E-state index contributed by atoms with van der Waals surface area (Å²) in [5.41, 5.74) is -3.22. The van der Waals surface area contributed by atoms with Crippen LogP contribution in [0.2, 0.25) is 0 Å². The van der Waals surface area contributed by atoms with Crippen molar-refractivity contribution in [1.82, 2.24) is 20.3 Å². The second-order valence-corrected chi connectivity index (χ2v) is 16.3. The van der Waals surface area contributed by atoms with E-state index in [9.17, 15) is 32.4 Å². The van der Waals surface area contributed by atoms with Gasteiger partial charge in [0.1, 0.15) is 29.3 Å². The molecular weight excluding hydrogens is 608 g/mol. The predicted octanol–water partition coefficient (Wildman–Crippen LogP) is 1.29. The lowest BCUT2D eigenvalue weighted by molar-refractivity contribution is -0.158. The average Bonchev–Trinajstić information content (AvgIpc) is 3.82. The highest BCUT2D eigenvalue weighted by molar-refractivity contribution is 7.91. The van der Waals surface area contributed by atoms with Gasteiger partial charge < -0.3 is 29.7 Å². The topological polar surface area (TPSA) is 187 Å². The third-order valence-electron chi connectivity index (χ3n) is 8.05. The minimum absolute atomic E-state index is 0.0553. The van der Waals surface area contributed by atoms with Crippen LogP contribution < -0.4 is 15.4 Å². The van der Waals surface area contributed by atoms with Crippen LogP contribution in [0.5, 0.6) is 0 Å². The van der Waals surface area contributed by atoms with Gasteiger partial charge in [-0.3, -0.25) is 23.9 Å². The van der Waals surface area contributed by atoms with Gasteiger partial charge in [0.25, 0.3) is 5.91 Å². The lowest BCUT2D eigenvalue weighted by Gasteiger charge is -2.30. The van der Waals surface area contributed by atoms with E-state index >= 15 is 0 Å². The Labute approximate surface area is 264 Å². The number of ether oxygens (including phenoxy) is 3. The van der Waals surface area contributed by atoms with Crippen LogP contribution in [-0.4, -0.2) is 97.4 Å². The summed E-state index contributed by atoms with van der Waals surface area (Å²) < 4.78 is 44.1. The Bertz CT molecular complexity index is 1330. The molecule has 2 aliphatic carbocycles. The number of hydrogen-bond acceptors (Lipinski definition) is 10. The monoisotopic (exact) mass is 654 g/mol. The molecule has 2 heterocycles. The quantitative estimate of drug-likeness (QED) is 0.288. The molecule has 0 spiro atoms. The van der Waals surface area contributed by atoms with Crippen LogP contribution in [0.3, 0.4) is 0 Å². The Morgan fingerprint density at radius 1 is 1.09 bits per heavy atom. The van der Waals surface area contributed by atoms with E-state index in [0.717, 1.165) is 0 Å². The third kappa shape index (κ3) is 8.75. The van der Waals surface area contributed by atoms with Crippen LogP contribution in [-0.2, 0) is 43.4 Å². The highest BCUT2D eigenvalue weighted by Crippen LogP contribution is 2.46. The second kappa shape index (κ2) is 12.9. The molecule has 4 rings (SSSR count). The predicted molar refractivity (Wildman–Crippen MR) is 161 cm³/mol. The molecular formula is C30H46N4O10S. The number of nitrogens with one attached hydrogen (secondary N) is 3. The minimum Gasteiger partial charge on any atom is -0.460 e. The Morgan fingerprint density at radius 3 is 2.40 bits per heavy atom. The van der Waals surface area contributed by atoms with Crippen molar-refractivity contribution in [3.63, 3.8) is 0 Å². The standard InChI is InChI=1S/C30H46N4O10S/c1-28(2,3)26(38)43-19-15-22-23(35)32-30(25(37)33-45(40,41)20-11-12-20)16-18(30)9-7-13-42-14-8-10-21(24(36)34(22)17-19)31-27(39)44-29(4,5)6/h7,9,18-22H,8,10-17H2,1-6H3,(H,31,39)(H,32,35)(H,33,37)/b9-7-/t18-,19+,21-,22-,30+/m0/s1. The summed E-state index contributed by atoms with van der Waals surface area (Å²) in [4.78, 5) is 68.1. The van der Waals surface area contributed by atoms with Crippen molar-refractivity contribution in [1.29, 1.82) is 0 Å². The first-order chi connectivity index (χ1) is 20.8. The van der Waals surface area contributed by atoms with Crippen molar-refractivity contribution in [2.75, 3.05) is 19.8 Å². The van der Waals surface area contributed by atoms with Gasteiger partial charge in [0, 0.05) is 18.9 Å². The maximum atomic E-state index is 14.0. The lowest BCUT2D eigenvalue weighted by Crippen LogP contribution is -2.58. The summed E-state index contributed by atoms with van der Waals surface area (Å²) >= 11 is 0. The molecule has 0 unspecified atom stereocenters. The summed E-state index contributed by atoms with van der Waals surface area (Å²) in [6.45, 7) is 10.4. The Balaban J connectivity index is 1.63. The third-order valence-corrected chi connectivity index (χ3v) is 9.87. The molecule has 1 saturated heterocycles. The number of alkyl carbamates (subject to hydrolysis) is 1. The number of amides is 4. The highest BCUT2D eigenvalue weighted by atomic mass is 32.2. The van der Waals surface area contributed by atoms with Crippen molar-refractivity contribution in [2.24, 2.45) is 11.3 Å². The van der Waals surface area contributed by atoms with Gasteiger partial charge in [0.15, 0.2) is 0 Å². The first-order valence-corrected chi connectivity index (χ1v) is 17.0. The van der Waals surface area contributed by atoms with Crippen molar-refractivity contribution in [2.45, 2.75) is 115 Å².